The SMILES string of the molecule is CC(C)(C)CC(C)(C)n1c(-c2ccccc2)c[nH]c1=S. The van der Waals surface area contributed by atoms with E-state index in [-0.39, 0.29) is 11.0 Å². The summed E-state index contributed by atoms with van der Waals surface area (Å²) in [7, 11) is 0. The first-order chi connectivity index (χ1) is 9.21. The van der Waals surface area contributed by atoms with Gasteiger partial charge in [-0.05, 0) is 43.5 Å². The Bertz CT molecular complexity index is 627. The van der Waals surface area contributed by atoms with Gasteiger partial charge in [0.1, 0.15) is 0 Å². The maximum atomic E-state index is 5.52. The third-order valence-electron chi connectivity index (χ3n) is 3.41. The lowest BCUT2D eigenvalue weighted by atomic mass is 9.81. The molecule has 1 heterocycles. The Morgan fingerprint density at radius 1 is 1.05 bits per heavy atom. The van der Waals surface area contributed by atoms with Crippen LogP contribution in [0.2, 0.25) is 0 Å². The van der Waals surface area contributed by atoms with Crippen molar-refractivity contribution in [1.82, 2.24) is 9.55 Å². The largest absolute Gasteiger partial charge is 0.337 e. The van der Waals surface area contributed by atoms with Crippen LogP contribution in [0.1, 0.15) is 41.0 Å². The van der Waals surface area contributed by atoms with Crippen LogP contribution in [0.3, 0.4) is 0 Å². The maximum Gasteiger partial charge on any atom is 0.178 e. The molecule has 108 valence electrons. The molecule has 0 fully saturated rings. The summed E-state index contributed by atoms with van der Waals surface area (Å²) in [5.41, 5.74) is 2.58. The van der Waals surface area contributed by atoms with Crippen molar-refractivity contribution in [2.45, 2.75) is 46.6 Å². The first-order valence-electron chi connectivity index (χ1n) is 7.07. The number of hydrogen-bond donors (Lipinski definition) is 1. The van der Waals surface area contributed by atoms with Crippen molar-refractivity contribution in [3.05, 3.63) is 41.3 Å². The Labute approximate surface area is 126 Å². The minimum atomic E-state index is -0.0273. The van der Waals surface area contributed by atoms with Crippen LogP contribution in [0.4, 0.5) is 0 Å². The summed E-state index contributed by atoms with van der Waals surface area (Å²) in [4.78, 5) is 3.21. The smallest absolute Gasteiger partial charge is 0.178 e. The van der Waals surface area contributed by atoms with Crippen LogP contribution in [0.15, 0.2) is 36.5 Å². The van der Waals surface area contributed by atoms with E-state index in [1.165, 1.54) is 5.56 Å². The molecule has 1 aromatic carbocycles. The van der Waals surface area contributed by atoms with Crippen molar-refractivity contribution in [2.24, 2.45) is 5.41 Å². The average molecular weight is 288 g/mol. The zero-order chi connectivity index (χ0) is 15.0. The number of aromatic amines is 1. The molecule has 3 heteroatoms. The van der Waals surface area contributed by atoms with Crippen molar-refractivity contribution in [3.63, 3.8) is 0 Å². The van der Waals surface area contributed by atoms with E-state index in [4.69, 9.17) is 12.2 Å². The number of rotatable bonds is 3. The Balaban J connectivity index is 2.53. The molecule has 2 rings (SSSR count). The Morgan fingerprint density at radius 3 is 2.20 bits per heavy atom. The summed E-state index contributed by atoms with van der Waals surface area (Å²) in [6, 6.07) is 10.4. The molecule has 0 saturated carbocycles. The lowest BCUT2D eigenvalue weighted by Crippen LogP contribution is -2.32. The van der Waals surface area contributed by atoms with Gasteiger partial charge in [0.25, 0.3) is 0 Å². The van der Waals surface area contributed by atoms with Crippen LogP contribution >= 0.6 is 12.2 Å². The molecule has 0 amide bonds. The Morgan fingerprint density at radius 2 is 1.65 bits per heavy atom. The molecule has 0 atom stereocenters. The molecule has 0 radical (unpaired) electrons. The van der Waals surface area contributed by atoms with Gasteiger partial charge in [0.2, 0.25) is 0 Å². The molecule has 0 saturated heterocycles. The number of nitrogens with zero attached hydrogens (tertiary/aromatic N) is 1. The fraction of sp³-hybridized carbons (Fsp3) is 0.471. The molecule has 0 bridgehead atoms. The molecule has 1 N–H and O–H groups in total. The van der Waals surface area contributed by atoms with Gasteiger partial charge in [-0.15, -0.1) is 0 Å². The Hall–Kier alpha value is -1.35. The molecule has 0 unspecified atom stereocenters. The van der Waals surface area contributed by atoms with Crippen molar-refractivity contribution in [1.29, 1.82) is 0 Å². The van der Waals surface area contributed by atoms with Crippen molar-refractivity contribution >= 4 is 12.2 Å². The van der Waals surface area contributed by atoms with Gasteiger partial charge in [0.15, 0.2) is 4.77 Å². The van der Waals surface area contributed by atoms with Gasteiger partial charge in [-0.3, -0.25) is 0 Å². The Kier molecular flexibility index (Phi) is 3.92. The van der Waals surface area contributed by atoms with Crippen LogP contribution in [-0.2, 0) is 5.54 Å². The predicted molar refractivity (Wildman–Crippen MR) is 88.4 cm³/mol. The monoisotopic (exact) mass is 288 g/mol. The molecule has 2 aromatic rings. The summed E-state index contributed by atoms with van der Waals surface area (Å²) < 4.78 is 3.04. The van der Waals surface area contributed by atoms with Gasteiger partial charge in [-0.1, -0.05) is 51.1 Å². The van der Waals surface area contributed by atoms with E-state index in [0.717, 1.165) is 16.9 Å². The van der Waals surface area contributed by atoms with Crippen LogP contribution in [0.25, 0.3) is 11.3 Å². The summed E-state index contributed by atoms with van der Waals surface area (Å²) in [5, 5.41) is 0. The maximum absolute atomic E-state index is 5.52. The topological polar surface area (TPSA) is 20.7 Å². The number of aromatic nitrogens is 2. The van der Waals surface area contributed by atoms with E-state index >= 15 is 0 Å². The number of H-pyrrole nitrogens is 1. The van der Waals surface area contributed by atoms with Crippen LogP contribution in [-0.4, -0.2) is 9.55 Å². The van der Waals surface area contributed by atoms with Crippen molar-refractivity contribution in [2.75, 3.05) is 0 Å². The van der Waals surface area contributed by atoms with Gasteiger partial charge < -0.3 is 9.55 Å². The second-order valence-electron chi connectivity index (χ2n) is 7.23. The highest BCUT2D eigenvalue weighted by molar-refractivity contribution is 7.71. The van der Waals surface area contributed by atoms with Gasteiger partial charge in [0.05, 0.1) is 5.69 Å². The van der Waals surface area contributed by atoms with E-state index in [0.29, 0.717) is 0 Å². The van der Waals surface area contributed by atoms with Crippen LogP contribution in [0, 0.1) is 10.2 Å². The minimum Gasteiger partial charge on any atom is -0.337 e. The fourth-order valence-electron chi connectivity index (χ4n) is 3.17. The molecule has 1 aromatic heterocycles. The molecular formula is C17H24N2S. The van der Waals surface area contributed by atoms with Gasteiger partial charge in [-0.2, -0.15) is 0 Å². The molecule has 20 heavy (non-hydrogen) atoms. The molecular weight excluding hydrogens is 264 g/mol. The number of nitrogens with one attached hydrogen (secondary N) is 1. The average Bonchev–Trinajstić information content (AvgIpc) is 2.70. The van der Waals surface area contributed by atoms with Crippen molar-refractivity contribution < 1.29 is 0 Å². The van der Waals surface area contributed by atoms with Crippen LogP contribution in [0.5, 0.6) is 0 Å². The summed E-state index contributed by atoms with van der Waals surface area (Å²) in [5.74, 6) is 0. The zero-order valence-electron chi connectivity index (χ0n) is 13.0. The number of benzene rings is 1. The highest BCUT2D eigenvalue weighted by Crippen LogP contribution is 2.35. The quantitative estimate of drug-likeness (QED) is 0.752. The first-order valence-corrected chi connectivity index (χ1v) is 7.48. The summed E-state index contributed by atoms with van der Waals surface area (Å²) >= 11 is 5.52. The summed E-state index contributed by atoms with van der Waals surface area (Å²) in [6.07, 6.45) is 3.08. The van der Waals surface area contributed by atoms with Crippen LogP contribution < -0.4 is 0 Å². The van der Waals surface area contributed by atoms with Gasteiger partial charge >= 0.3 is 0 Å². The lowest BCUT2D eigenvalue weighted by molar-refractivity contribution is 0.214. The van der Waals surface area contributed by atoms with Crippen molar-refractivity contribution in [3.8, 4) is 11.3 Å². The standard InChI is InChI=1S/C17H24N2S/c1-16(2,3)12-17(4,5)19-14(11-18-15(19)20)13-9-7-6-8-10-13/h6-11H,12H2,1-5H3,(H,18,20). The predicted octanol–water partition coefficient (Wildman–Crippen LogP) is 5.38. The molecule has 2 nitrogen and oxygen atoms in total. The molecule has 0 aliphatic rings. The second kappa shape index (κ2) is 5.21. The third kappa shape index (κ3) is 3.21. The van der Waals surface area contributed by atoms with E-state index in [2.05, 4.69) is 68.4 Å². The summed E-state index contributed by atoms with van der Waals surface area (Å²) in [6.45, 7) is 11.3. The molecule has 0 aliphatic heterocycles. The fourth-order valence-corrected chi connectivity index (χ4v) is 3.57. The number of hydrogen-bond acceptors (Lipinski definition) is 1. The normalized spacial score (nSPS) is 12.7. The van der Waals surface area contributed by atoms with E-state index in [1.54, 1.807) is 0 Å². The highest BCUT2D eigenvalue weighted by Gasteiger charge is 2.29. The second-order valence-corrected chi connectivity index (χ2v) is 7.62. The highest BCUT2D eigenvalue weighted by atomic mass is 32.1. The number of imidazole rings is 1. The van der Waals surface area contributed by atoms with E-state index in [1.807, 2.05) is 12.3 Å². The van der Waals surface area contributed by atoms with Gasteiger partial charge in [-0.25, -0.2) is 0 Å². The third-order valence-corrected chi connectivity index (χ3v) is 3.71. The zero-order valence-corrected chi connectivity index (χ0v) is 13.8. The molecule has 0 aliphatic carbocycles. The molecule has 0 spiro atoms. The lowest BCUT2D eigenvalue weighted by Gasteiger charge is -2.35. The van der Waals surface area contributed by atoms with E-state index < -0.39 is 0 Å². The van der Waals surface area contributed by atoms with E-state index in [9.17, 15) is 0 Å². The first kappa shape index (κ1) is 15.0. The van der Waals surface area contributed by atoms with Gasteiger partial charge in [0, 0.05) is 11.7 Å². The minimum absolute atomic E-state index is 0.0273.